The molecule has 0 fully saturated rings. The van der Waals surface area contributed by atoms with Gasteiger partial charge in [0.2, 0.25) is 17.7 Å². The van der Waals surface area contributed by atoms with Gasteiger partial charge in [0.05, 0.1) is 6.04 Å². The van der Waals surface area contributed by atoms with Crippen LogP contribution < -0.4 is 33.2 Å². The number of hydrogen-bond acceptors (Lipinski definition) is 7. The second kappa shape index (κ2) is 15.3. The number of rotatable bonds is 15. The van der Waals surface area contributed by atoms with E-state index >= 15 is 0 Å². The van der Waals surface area contributed by atoms with Crippen molar-refractivity contribution in [2.24, 2.45) is 28.1 Å². The molecule has 0 spiro atoms. The number of benzene rings is 1. The van der Waals surface area contributed by atoms with E-state index in [0.29, 0.717) is 12.8 Å². The zero-order valence-electron chi connectivity index (χ0n) is 21.4. The topological polar surface area (TPSA) is 235 Å². The Balaban J connectivity index is 2.84. The lowest BCUT2D eigenvalue weighted by Gasteiger charge is -2.25. The lowest BCUT2D eigenvalue weighted by molar-refractivity contribution is -0.143. The number of phenolic OH excluding ortho intramolecular Hbond substituents is 1. The first kappa shape index (κ1) is 31.2. The number of aromatic hydroxyl groups is 1. The fraction of sp³-hybridized carbons (Fsp3) is 0.542. The summed E-state index contributed by atoms with van der Waals surface area (Å²) in [6, 6.07) is 2.01. The molecule has 0 saturated heterocycles. The van der Waals surface area contributed by atoms with Gasteiger partial charge in [-0.15, -0.1) is 0 Å². The lowest BCUT2D eigenvalue weighted by Crippen LogP contribution is -2.57. The van der Waals surface area contributed by atoms with Crippen LogP contribution in [0.25, 0.3) is 0 Å². The maximum absolute atomic E-state index is 12.9. The first-order valence-corrected chi connectivity index (χ1v) is 12.1. The highest BCUT2D eigenvalue weighted by molar-refractivity contribution is 5.94. The molecule has 37 heavy (non-hydrogen) atoms. The monoisotopic (exact) mass is 521 g/mol. The van der Waals surface area contributed by atoms with Gasteiger partial charge in [-0.1, -0.05) is 32.4 Å². The Bertz CT molecular complexity index is 949. The van der Waals surface area contributed by atoms with Crippen molar-refractivity contribution in [2.45, 2.75) is 70.6 Å². The van der Waals surface area contributed by atoms with Crippen LogP contribution in [-0.2, 0) is 25.6 Å². The highest BCUT2D eigenvalue weighted by Crippen LogP contribution is 2.11. The van der Waals surface area contributed by atoms with E-state index in [4.69, 9.17) is 17.2 Å². The number of hydrogen-bond donors (Lipinski definition) is 8. The van der Waals surface area contributed by atoms with Crippen molar-refractivity contribution in [1.29, 1.82) is 0 Å². The van der Waals surface area contributed by atoms with Crippen LogP contribution in [0.4, 0.5) is 0 Å². The zero-order valence-corrected chi connectivity index (χ0v) is 21.4. The first-order chi connectivity index (χ1) is 17.3. The van der Waals surface area contributed by atoms with Gasteiger partial charge in [-0.05, 0) is 49.8 Å². The second-order valence-corrected chi connectivity index (χ2v) is 8.93. The minimum absolute atomic E-state index is 0.0859. The van der Waals surface area contributed by atoms with Crippen LogP contribution in [0.15, 0.2) is 29.3 Å². The average Bonchev–Trinajstić information content (AvgIpc) is 2.84. The summed E-state index contributed by atoms with van der Waals surface area (Å²) in [6.07, 6.45) is 1.16. The van der Waals surface area contributed by atoms with Gasteiger partial charge < -0.3 is 43.4 Å². The van der Waals surface area contributed by atoms with Crippen molar-refractivity contribution < 1.29 is 29.4 Å². The first-order valence-electron chi connectivity index (χ1n) is 12.1. The predicted octanol–water partition coefficient (Wildman–Crippen LogP) is -1.08. The number of carbonyl (C=O) groups is 4. The summed E-state index contributed by atoms with van der Waals surface area (Å²) in [5, 5.41) is 26.4. The van der Waals surface area contributed by atoms with Gasteiger partial charge >= 0.3 is 5.97 Å². The van der Waals surface area contributed by atoms with Crippen molar-refractivity contribution >= 4 is 29.7 Å². The normalized spacial score (nSPS) is 14.8. The van der Waals surface area contributed by atoms with Crippen LogP contribution in [0.1, 0.15) is 45.6 Å². The molecular weight excluding hydrogens is 482 g/mol. The quantitative estimate of drug-likeness (QED) is 0.0794. The standard InChI is InChI=1S/C24H39N7O6/c1-4-13(2)19(23(36)37)31-22(35)18(6-5-11-28-24(26)27)30-20(33)14(3)29-21(34)17(25)12-15-7-9-16(32)10-8-15/h7-10,13-14,17-19,32H,4-6,11-12,25H2,1-3H3,(H,29,34)(H,30,33)(H,31,35)(H,36,37)(H4,26,27,28). The molecule has 5 unspecified atom stereocenters. The van der Waals surface area contributed by atoms with E-state index in [1.807, 2.05) is 0 Å². The highest BCUT2D eigenvalue weighted by atomic mass is 16.4. The van der Waals surface area contributed by atoms with Gasteiger partial charge in [0.15, 0.2) is 5.96 Å². The number of guanidine groups is 1. The molecule has 5 atom stereocenters. The van der Waals surface area contributed by atoms with E-state index < -0.39 is 47.9 Å². The number of carboxylic acid groups (broad SMARTS) is 1. The van der Waals surface area contributed by atoms with Crippen molar-refractivity contribution in [2.75, 3.05) is 6.54 Å². The lowest BCUT2D eigenvalue weighted by atomic mass is 9.98. The van der Waals surface area contributed by atoms with E-state index in [2.05, 4.69) is 20.9 Å². The Hall–Kier alpha value is -3.87. The molecule has 3 amide bonds. The maximum atomic E-state index is 12.9. The fourth-order valence-electron chi connectivity index (χ4n) is 3.37. The Morgan fingerprint density at radius 1 is 0.973 bits per heavy atom. The second-order valence-electron chi connectivity index (χ2n) is 8.93. The highest BCUT2D eigenvalue weighted by Gasteiger charge is 2.30. The minimum Gasteiger partial charge on any atom is -0.508 e. The third kappa shape index (κ3) is 11.2. The Morgan fingerprint density at radius 3 is 2.14 bits per heavy atom. The average molecular weight is 522 g/mol. The molecule has 1 aromatic carbocycles. The summed E-state index contributed by atoms with van der Waals surface area (Å²) in [6.45, 7) is 5.14. The number of carboxylic acids is 1. The summed E-state index contributed by atoms with van der Waals surface area (Å²) >= 11 is 0. The number of nitrogens with two attached hydrogens (primary N) is 3. The Morgan fingerprint density at radius 2 is 1.59 bits per heavy atom. The number of aliphatic imine (C=N–C) groups is 1. The van der Waals surface area contributed by atoms with Crippen molar-refractivity contribution in [3.8, 4) is 5.75 Å². The van der Waals surface area contributed by atoms with Crippen LogP contribution in [-0.4, -0.2) is 70.6 Å². The number of phenols is 1. The van der Waals surface area contributed by atoms with Gasteiger partial charge in [-0.25, -0.2) is 4.79 Å². The number of carbonyl (C=O) groups excluding carboxylic acids is 3. The molecule has 0 aromatic heterocycles. The van der Waals surface area contributed by atoms with Crippen LogP contribution in [0.5, 0.6) is 5.75 Å². The van der Waals surface area contributed by atoms with Gasteiger partial charge in [0.1, 0.15) is 23.9 Å². The molecule has 11 N–H and O–H groups in total. The largest absolute Gasteiger partial charge is 0.508 e. The van der Waals surface area contributed by atoms with E-state index in [1.165, 1.54) is 19.1 Å². The van der Waals surface area contributed by atoms with E-state index in [0.717, 1.165) is 5.56 Å². The molecular formula is C24H39N7O6. The molecule has 206 valence electrons. The van der Waals surface area contributed by atoms with Crippen LogP contribution in [0, 0.1) is 5.92 Å². The van der Waals surface area contributed by atoms with Crippen LogP contribution in [0.2, 0.25) is 0 Å². The van der Waals surface area contributed by atoms with E-state index in [-0.39, 0.29) is 37.0 Å². The van der Waals surface area contributed by atoms with Gasteiger partial charge in [-0.2, -0.15) is 0 Å². The van der Waals surface area contributed by atoms with Crippen molar-refractivity contribution in [3.05, 3.63) is 29.8 Å². The molecule has 13 nitrogen and oxygen atoms in total. The Kier molecular flexibility index (Phi) is 12.9. The molecule has 0 bridgehead atoms. The molecule has 1 rings (SSSR count). The van der Waals surface area contributed by atoms with E-state index in [9.17, 15) is 29.4 Å². The molecule has 13 heteroatoms. The molecule has 0 saturated carbocycles. The number of aliphatic carboxylic acids is 1. The van der Waals surface area contributed by atoms with Crippen LogP contribution >= 0.6 is 0 Å². The third-order valence-electron chi connectivity index (χ3n) is 5.84. The van der Waals surface area contributed by atoms with Gasteiger partial charge in [0, 0.05) is 6.54 Å². The molecule has 0 aliphatic carbocycles. The SMILES string of the molecule is CCC(C)C(NC(=O)C(CCCN=C(N)N)NC(=O)C(C)NC(=O)C(N)Cc1ccc(O)cc1)C(=O)O. The zero-order chi connectivity index (χ0) is 28.1. The van der Waals surface area contributed by atoms with E-state index in [1.54, 1.807) is 26.0 Å². The third-order valence-corrected chi connectivity index (χ3v) is 5.84. The fourth-order valence-corrected chi connectivity index (χ4v) is 3.37. The number of nitrogens with zero attached hydrogens (tertiary/aromatic N) is 1. The maximum Gasteiger partial charge on any atom is 0.326 e. The summed E-state index contributed by atoms with van der Waals surface area (Å²) in [5.74, 6) is -3.46. The smallest absolute Gasteiger partial charge is 0.326 e. The molecule has 0 heterocycles. The number of nitrogens with one attached hydrogen (secondary N) is 3. The number of amides is 3. The molecule has 0 aliphatic rings. The minimum atomic E-state index is -1.18. The van der Waals surface area contributed by atoms with Gasteiger partial charge in [0.25, 0.3) is 0 Å². The summed E-state index contributed by atoms with van der Waals surface area (Å²) in [4.78, 5) is 53.7. The molecule has 0 aliphatic heterocycles. The molecule has 0 radical (unpaired) electrons. The summed E-state index contributed by atoms with van der Waals surface area (Å²) in [7, 11) is 0. The van der Waals surface area contributed by atoms with Crippen molar-refractivity contribution in [1.82, 2.24) is 16.0 Å². The van der Waals surface area contributed by atoms with Gasteiger partial charge in [-0.3, -0.25) is 19.4 Å². The van der Waals surface area contributed by atoms with Crippen molar-refractivity contribution in [3.63, 3.8) is 0 Å². The molecule has 1 aromatic rings. The predicted molar refractivity (Wildman–Crippen MR) is 138 cm³/mol. The summed E-state index contributed by atoms with van der Waals surface area (Å²) in [5.41, 5.74) is 17.3. The Labute approximate surface area is 216 Å². The summed E-state index contributed by atoms with van der Waals surface area (Å²) < 4.78 is 0. The van der Waals surface area contributed by atoms with Crippen LogP contribution in [0.3, 0.4) is 0 Å².